The topological polar surface area (TPSA) is 55.1 Å². The van der Waals surface area contributed by atoms with E-state index in [0.29, 0.717) is 12.5 Å². The van der Waals surface area contributed by atoms with E-state index in [2.05, 4.69) is 12.2 Å². The SMILES string of the molecule is CCC(CC1CC1)NCCC(N)=O. The highest BCUT2D eigenvalue weighted by Crippen LogP contribution is 2.33. The van der Waals surface area contributed by atoms with Crippen LogP contribution in [-0.4, -0.2) is 18.5 Å². The number of hydrogen-bond acceptors (Lipinski definition) is 2. The second-order valence-corrected chi connectivity index (χ2v) is 3.95. The van der Waals surface area contributed by atoms with Crippen LogP contribution in [0.5, 0.6) is 0 Å². The van der Waals surface area contributed by atoms with E-state index in [0.717, 1.165) is 18.9 Å². The molecule has 13 heavy (non-hydrogen) atoms. The van der Waals surface area contributed by atoms with Gasteiger partial charge in [0.25, 0.3) is 0 Å². The molecule has 1 atom stereocenters. The predicted octanol–water partition coefficient (Wildman–Crippen LogP) is 1.03. The number of nitrogens with one attached hydrogen (secondary N) is 1. The molecule has 1 rings (SSSR count). The van der Waals surface area contributed by atoms with Crippen LogP contribution in [0.2, 0.25) is 0 Å². The van der Waals surface area contributed by atoms with E-state index >= 15 is 0 Å². The maximum Gasteiger partial charge on any atom is 0.218 e. The molecule has 1 aliphatic rings. The summed E-state index contributed by atoms with van der Waals surface area (Å²) in [6.07, 6.45) is 5.67. The molecule has 3 nitrogen and oxygen atoms in total. The molecule has 1 saturated carbocycles. The normalized spacial score (nSPS) is 18.5. The lowest BCUT2D eigenvalue weighted by atomic mass is 10.1. The Morgan fingerprint density at radius 3 is 2.77 bits per heavy atom. The average molecular weight is 184 g/mol. The monoisotopic (exact) mass is 184 g/mol. The molecular formula is C10H20N2O. The van der Waals surface area contributed by atoms with Gasteiger partial charge in [0, 0.05) is 19.0 Å². The Bertz CT molecular complexity index is 166. The Morgan fingerprint density at radius 1 is 1.62 bits per heavy atom. The highest BCUT2D eigenvalue weighted by atomic mass is 16.1. The molecule has 0 heterocycles. The summed E-state index contributed by atoms with van der Waals surface area (Å²) in [6, 6.07) is 0.590. The van der Waals surface area contributed by atoms with Gasteiger partial charge in [-0.15, -0.1) is 0 Å². The van der Waals surface area contributed by atoms with Crippen LogP contribution in [0.1, 0.15) is 39.0 Å². The first-order chi connectivity index (χ1) is 6.22. The molecule has 0 aromatic rings. The first kappa shape index (κ1) is 10.5. The molecule has 1 unspecified atom stereocenters. The zero-order valence-corrected chi connectivity index (χ0v) is 8.38. The summed E-state index contributed by atoms with van der Waals surface area (Å²) in [5, 5.41) is 3.37. The number of rotatable bonds is 7. The lowest BCUT2D eigenvalue weighted by molar-refractivity contribution is -0.117. The van der Waals surface area contributed by atoms with E-state index in [4.69, 9.17) is 5.73 Å². The third-order valence-corrected chi connectivity index (χ3v) is 2.61. The third-order valence-electron chi connectivity index (χ3n) is 2.61. The molecule has 0 saturated heterocycles. The van der Waals surface area contributed by atoms with E-state index in [1.54, 1.807) is 0 Å². The van der Waals surface area contributed by atoms with Crippen molar-refractivity contribution >= 4 is 5.91 Å². The molecule has 76 valence electrons. The van der Waals surface area contributed by atoms with Crippen molar-refractivity contribution in [3.05, 3.63) is 0 Å². The largest absolute Gasteiger partial charge is 0.370 e. The van der Waals surface area contributed by atoms with Crippen LogP contribution in [-0.2, 0) is 4.79 Å². The highest BCUT2D eigenvalue weighted by Gasteiger charge is 2.24. The first-order valence-electron chi connectivity index (χ1n) is 5.24. The lowest BCUT2D eigenvalue weighted by Gasteiger charge is -2.15. The van der Waals surface area contributed by atoms with Crippen LogP contribution in [0.25, 0.3) is 0 Å². The van der Waals surface area contributed by atoms with Crippen LogP contribution < -0.4 is 11.1 Å². The maximum atomic E-state index is 10.5. The molecule has 1 fully saturated rings. The Labute approximate surface area is 80.1 Å². The van der Waals surface area contributed by atoms with Crippen molar-refractivity contribution in [2.75, 3.05) is 6.54 Å². The molecule has 0 aromatic carbocycles. The zero-order chi connectivity index (χ0) is 9.68. The van der Waals surface area contributed by atoms with Gasteiger partial charge in [-0.25, -0.2) is 0 Å². The molecule has 0 bridgehead atoms. The van der Waals surface area contributed by atoms with Gasteiger partial charge in [0.2, 0.25) is 5.91 Å². The van der Waals surface area contributed by atoms with Crippen LogP contribution in [0.15, 0.2) is 0 Å². The maximum absolute atomic E-state index is 10.5. The van der Waals surface area contributed by atoms with Crippen molar-refractivity contribution in [2.24, 2.45) is 11.7 Å². The number of nitrogens with two attached hydrogens (primary N) is 1. The molecule has 1 aliphatic carbocycles. The number of hydrogen-bond donors (Lipinski definition) is 2. The van der Waals surface area contributed by atoms with E-state index < -0.39 is 0 Å². The Balaban J connectivity index is 2.04. The number of amides is 1. The molecule has 0 aliphatic heterocycles. The van der Waals surface area contributed by atoms with Crippen molar-refractivity contribution < 1.29 is 4.79 Å². The number of primary amides is 1. The second kappa shape index (κ2) is 5.22. The van der Waals surface area contributed by atoms with Crippen LogP contribution in [0, 0.1) is 5.92 Å². The van der Waals surface area contributed by atoms with E-state index in [9.17, 15) is 4.79 Å². The second-order valence-electron chi connectivity index (χ2n) is 3.95. The standard InChI is InChI=1S/C10H20N2O/c1-2-9(7-8-3-4-8)12-6-5-10(11)13/h8-9,12H,2-7H2,1H3,(H2,11,13). The summed E-state index contributed by atoms with van der Waals surface area (Å²) in [5.74, 6) is 0.736. The van der Waals surface area contributed by atoms with Gasteiger partial charge in [0.1, 0.15) is 0 Å². The van der Waals surface area contributed by atoms with Gasteiger partial charge in [0.15, 0.2) is 0 Å². The van der Waals surface area contributed by atoms with Crippen LogP contribution >= 0.6 is 0 Å². The molecule has 0 radical (unpaired) electrons. The van der Waals surface area contributed by atoms with Gasteiger partial charge in [0.05, 0.1) is 0 Å². The molecule has 3 N–H and O–H groups in total. The van der Waals surface area contributed by atoms with Crippen molar-refractivity contribution in [3.8, 4) is 0 Å². The molecule has 1 amide bonds. The van der Waals surface area contributed by atoms with Crippen molar-refractivity contribution in [1.29, 1.82) is 0 Å². The van der Waals surface area contributed by atoms with E-state index in [1.807, 2.05) is 0 Å². The van der Waals surface area contributed by atoms with E-state index in [1.165, 1.54) is 19.3 Å². The summed E-state index contributed by atoms with van der Waals surface area (Å²) < 4.78 is 0. The molecule has 0 aromatic heterocycles. The fraction of sp³-hybridized carbons (Fsp3) is 0.900. The van der Waals surface area contributed by atoms with Gasteiger partial charge < -0.3 is 11.1 Å². The lowest BCUT2D eigenvalue weighted by Crippen LogP contribution is -2.32. The summed E-state index contributed by atoms with van der Waals surface area (Å²) in [7, 11) is 0. The van der Waals surface area contributed by atoms with Gasteiger partial charge in [-0.1, -0.05) is 19.8 Å². The van der Waals surface area contributed by atoms with Crippen molar-refractivity contribution in [1.82, 2.24) is 5.32 Å². The first-order valence-corrected chi connectivity index (χ1v) is 5.24. The molecular weight excluding hydrogens is 164 g/mol. The summed E-state index contributed by atoms with van der Waals surface area (Å²) in [6.45, 7) is 2.92. The molecule has 3 heteroatoms. The Morgan fingerprint density at radius 2 is 2.31 bits per heavy atom. The summed E-state index contributed by atoms with van der Waals surface area (Å²) >= 11 is 0. The van der Waals surface area contributed by atoms with Gasteiger partial charge in [-0.05, 0) is 18.8 Å². The highest BCUT2D eigenvalue weighted by molar-refractivity contribution is 5.73. The summed E-state index contributed by atoms with van der Waals surface area (Å²) in [5.41, 5.74) is 5.05. The zero-order valence-electron chi connectivity index (χ0n) is 8.38. The summed E-state index contributed by atoms with van der Waals surface area (Å²) in [4.78, 5) is 10.5. The van der Waals surface area contributed by atoms with Crippen molar-refractivity contribution in [3.63, 3.8) is 0 Å². The van der Waals surface area contributed by atoms with Gasteiger partial charge in [-0.3, -0.25) is 4.79 Å². The minimum Gasteiger partial charge on any atom is -0.370 e. The average Bonchev–Trinajstić information content (AvgIpc) is 2.86. The van der Waals surface area contributed by atoms with Gasteiger partial charge in [-0.2, -0.15) is 0 Å². The molecule has 0 spiro atoms. The Kier molecular flexibility index (Phi) is 4.22. The quantitative estimate of drug-likeness (QED) is 0.621. The van der Waals surface area contributed by atoms with Crippen LogP contribution in [0.3, 0.4) is 0 Å². The van der Waals surface area contributed by atoms with Gasteiger partial charge >= 0.3 is 0 Å². The minimum atomic E-state index is -0.214. The third kappa shape index (κ3) is 4.88. The van der Waals surface area contributed by atoms with Crippen molar-refractivity contribution in [2.45, 2.75) is 45.1 Å². The minimum absolute atomic E-state index is 0.214. The van der Waals surface area contributed by atoms with E-state index in [-0.39, 0.29) is 5.91 Å². The smallest absolute Gasteiger partial charge is 0.218 e. The predicted molar refractivity (Wildman–Crippen MR) is 53.2 cm³/mol. The fourth-order valence-corrected chi connectivity index (χ4v) is 1.55. The Hall–Kier alpha value is -0.570. The fourth-order valence-electron chi connectivity index (χ4n) is 1.55. The van der Waals surface area contributed by atoms with Crippen LogP contribution in [0.4, 0.5) is 0 Å². The number of carbonyl (C=O) groups is 1. The number of carbonyl (C=O) groups excluding carboxylic acids is 1.